The van der Waals surface area contributed by atoms with Crippen molar-refractivity contribution in [2.24, 2.45) is 0 Å². The summed E-state index contributed by atoms with van der Waals surface area (Å²) >= 11 is 6.92. The number of halogens is 1. The molecule has 0 atom stereocenters. The number of pyridine rings is 1. The molecule has 0 unspecified atom stereocenters. The van der Waals surface area contributed by atoms with Gasteiger partial charge in [0.2, 0.25) is 0 Å². The highest BCUT2D eigenvalue weighted by molar-refractivity contribution is 9.10. The van der Waals surface area contributed by atoms with E-state index in [0.717, 1.165) is 64.1 Å². The van der Waals surface area contributed by atoms with E-state index in [4.69, 9.17) is 4.98 Å². The number of anilines is 2. The van der Waals surface area contributed by atoms with Gasteiger partial charge in [-0.3, -0.25) is 9.69 Å². The van der Waals surface area contributed by atoms with Crippen molar-refractivity contribution in [3.63, 3.8) is 0 Å². The topological polar surface area (TPSA) is 45.2 Å². The molecule has 7 rings (SSSR count). The number of aryl methyl sites for hydroxylation is 1. The van der Waals surface area contributed by atoms with Crippen LogP contribution in [-0.4, -0.2) is 16.6 Å². The Morgan fingerprint density at radius 3 is 2.57 bits per heavy atom. The molecular formula is C28H26BrN3OS2. The van der Waals surface area contributed by atoms with Crippen LogP contribution in [0.5, 0.6) is 0 Å². The average molecular weight is 565 g/mol. The highest BCUT2D eigenvalue weighted by Gasteiger charge is 2.48. The normalized spacial score (nSPS) is 19.0. The third-order valence-electron chi connectivity index (χ3n) is 7.83. The molecule has 4 nitrogen and oxygen atoms in total. The van der Waals surface area contributed by atoms with Gasteiger partial charge in [0.25, 0.3) is 5.91 Å². The zero-order valence-electron chi connectivity index (χ0n) is 19.4. The van der Waals surface area contributed by atoms with Gasteiger partial charge >= 0.3 is 0 Å². The first-order chi connectivity index (χ1) is 17.1. The largest absolute Gasteiger partial charge is 0.360 e. The van der Waals surface area contributed by atoms with E-state index in [9.17, 15) is 4.79 Å². The third-order valence-corrected chi connectivity index (χ3v) is 10.3. The molecule has 0 bridgehead atoms. The first-order valence-corrected chi connectivity index (χ1v) is 15.0. The van der Waals surface area contributed by atoms with Crippen LogP contribution >= 0.6 is 38.6 Å². The van der Waals surface area contributed by atoms with Crippen LogP contribution in [0, 0.1) is 0 Å². The van der Waals surface area contributed by atoms with Gasteiger partial charge in [-0.05, 0) is 92.6 Å². The minimum absolute atomic E-state index is 0.112. The molecule has 7 heteroatoms. The summed E-state index contributed by atoms with van der Waals surface area (Å²) in [5, 5.41) is 7.33. The third kappa shape index (κ3) is 3.42. The standard InChI is InChI=1S/C28H26BrN3OS2/c29-17-10-12-18(13-11-17)32-27(33)25-24(31-28(32)14-4-1-5-15-28)23-22(21-9-6-16-34-21)19-7-2-3-8-20(19)30-26(23)35-25/h6,9-13,16,31H,1-5,7-8,14-15H2. The maximum atomic E-state index is 14.3. The molecular weight excluding hydrogens is 538 g/mol. The van der Waals surface area contributed by atoms with Crippen LogP contribution in [0.4, 0.5) is 11.4 Å². The number of aromatic nitrogens is 1. The van der Waals surface area contributed by atoms with Gasteiger partial charge in [-0.1, -0.05) is 28.4 Å². The minimum atomic E-state index is -0.396. The number of amides is 1. The van der Waals surface area contributed by atoms with E-state index in [2.05, 4.69) is 55.8 Å². The summed E-state index contributed by atoms with van der Waals surface area (Å²) < 4.78 is 1.02. The molecule has 1 N–H and O–H groups in total. The molecule has 1 fully saturated rings. The van der Waals surface area contributed by atoms with Crippen LogP contribution in [0.2, 0.25) is 0 Å². The molecule has 1 spiro atoms. The Balaban J connectivity index is 1.49. The highest BCUT2D eigenvalue weighted by atomic mass is 79.9. The Labute approximate surface area is 221 Å². The van der Waals surface area contributed by atoms with Crippen molar-refractivity contribution >= 4 is 66.1 Å². The summed E-state index contributed by atoms with van der Waals surface area (Å²) in [5.41, 5.74) is 5.54. The Kier molecular flexibility index (Phi) is 5.30. The maximum absolute atomic E-state index is 14.3. The number of fused-ring (bicyclic) bond motifs is 4. The molecule has 178 valence electrons. The van der Waals surface area contributed by atoms with Gasteiger partial charge in [0.15, 0.2) is 0 Å². The minimum Gasteiger partial charge on any atom is -0.360 e. The van der Waals surface area contributed by atoms with Crippen LogP contribution < -0.4 is 10.2 Å². The summed E-state index contributed by atoms with van der Waals surface area (Å²) in [6.07, 6.45) is 9.88. The van der Waals surface area contributed by atoms with Crippen molar-refractivity contribution in [2.45, 2.75) is 63.5 Å². The monoisotopic (exact) mass is 563 g/mol. The van der Waals surface area contributed by atoms with Gasteiger partial charge in [-0.15, -0.1) is 22.7 Å². The zero-order valence-corrected chi connectivity index (χ0v) is 22.6. The lowest BCUT2D eigenvalue weighted by Gasteiger charge is -2.50. The second kappa shape index (κ2) is 8.43. The second-order valence-corrected chi connectivity index (χ2v) is 12.8. The van der Waals surface area contributed by atoms with E-state index < -0.39 is 5.66 Å². The first kappa shape index (κ1) is 22.0. The number of hydrogen-bond acceptors (Lipinski definition) is 5. The summed E-state index contributed by atoms with van der Waals surface area (Å²) in [7, 11) is 0. The Morgan fingerprint density at radius 1 is 1.00 bits per heavy atom. The average Bonchev–Trinajstić information content (AvgIpc) is 3.53. The summed E-state index contributed by atoms with van der Waals surface area (Å²) in [6, 6.07) is 12.6. The number of carbonyl (C=O) groups is 1. The van der Waals surface area contributed by atoms with E-state index in [1.165, 1.54) is 46.3 Å². The maximum Gasteiger partial charge on any atom is 0.272 e. The number of thiophene rings is 2. The summed E-state index contributed by atoms with van der Waals surface area (Å²) in [4.78, 5) is 24.6. The molecule has 1 aliphatic heterocycles. The van der Waals surface area contributed by atoms with Crippen LogP contribution in [0.3, 0.4) is 0 Å². The van der Waals surface area contributed by atoms with Gasteiger partial charge in [-0.2, -0.15) is 0 Å². The molecule has 1 amide bonds. The number of hydrogen-bond donors (Lipinski definition) is 1. The van der Waals surface area contributed by atoms with Crippen LogP contribution in [0.1, 0.15) is 65.9 Å². The Hall–Kier alpha value is -2.22. The number of nitrogens with zero attached hydrogens (tertiary/aromatic N) is 2. The van der Waals surface area contributed by atoms with Gasteiger partial charge in [-0.25, -0.2) is 4.98 Å². The molecule has 1 saturated carbocycles. The van der Waals surface area contributed by atoms with Crippen LogP contribution in [0.15, 0.2) is 46.3 Å². The lowest BCUT2D eigenvalue weighted by Crippen LogP contribution is -2.61. The number of nitrogens with one attached hydrogen (secondary N) is 1. The van der Waals surface area contributed by atoms with Gasteiger partial charge < -0.3 is 5.32 Å². The molecule has 3 aliphatic rings. The van der Waals surface area contributed by atoms with Crippen molar-refractivity contribution in [3.8, 4) is 10.4 Å². The van der Waals surface area contributed by atoms with Gasteiger partial charge in [0.1, 0.15) is 15.4 Å². The van der Waals surface area contributed by atoms with Crippen LogP contribution in [-0.2, 0) is 12.8 Å². The van der Waals surface area contributed by atoms with Crippen molar-refractivity contribution in [1.29, 1.82) is 0 Å². The fourth-order valence-corrected chi connectivity index (χ4v) is 8.43. The quantitative estimate of drug-likeness (QED) is 0.266. The predicted molar refractivity (Wildman–Crippen MR) is 150 cm³/mol. The van der Waals surface area contributed by atoms with Crippen molar-refractivity contribution in [3.05, 3.63) is 62.4 Å². The molecule has 3 aromatic heterocycles. The van der Waals surface area contributed by atoms with E-state index in [1.54, 1.807) is 22.7 Å². The SMILES string of the molecule is O=C1c2sc3nc4c(c(-c5cccs5)c3c2NC2(CCCCC2)N1c1ccc(Br)cc1)CCCC4. The van der Waals surface area contributed by atoms with E-state index >= 15 is 0 Å². The predicted octanol–water partition coefficient (Wildman–Crippen LogP) is 8.40. The van der Waals surface area contributed by atoms with Crippen molar-refractivity contribution in [1.82, 2.24) is 4.98 Å². The Morgan fingerprint density at radius 2 is 1.80 bits per heavy atom. The lowest BCUT2D eigenvalue weighted by atomic mass is 9.84. The smallest absolute Gasteiger partial charge is 0.272 e. The van der Waals surface area contributed by atoms with Crippen molar-refractivity contribution in [2.75, 3.05) is 10.2 Å². The van der Waals surface area contributed by atoms with E-state index in [-0.39, 0.29) is 5.91 Å². The molecule has 4 aromatic rings. The van der Waals surface area contributed by atoms with Gasteiger partial charge in [0, 0.05) is 31.7 Å². The van der Waals surface area contributed by atoms with Gasteiger partial charge in [0.05, 0.1) is 5.69 Å². The molecule has 2 aliphatic carbocycles. The van der Waals surface area contributed by atoms with E-state index in [1.807, 2.05) is 12.1 Å². The fourth-order valence-electron chi connectivity index (χ4n) is 6.27. The number of carbonyl (C=O) groups excluding carboxylic acids is 1. The zero-order chi connectivity index (χ0) is 23.6. The lowest BCUT2D eigenvalue weighted by molar-refractivity contribution is 0.0943. The van der Waals surface area contributed by atoms with Crippen molar-refractivity contribution < 1.29 is 4.79 Å². The fraction of sp³-hybridized carbons (Fsp3) is 0.357. The molecule has 0 saturated heterocycles. The highest BCUT2D eigenvalue weighted by Crippen LogP contribution is 2.52. The summed E-state index contributed by atoms with van der Waals surface area (Å²) in [6.45, 7) is 0. The first-order valence-electron chi connectivity index (χ1n) is 12.6. The second-order valence-electron chi connectivity index (χ2n) is 9.92. The number of rotatable bonds is 2. The van der Waals surface area contributed by atoms with E-state index in [0.29, 0.717) is 0 Å². The molecule has 35 heavy (non-hydrogen) atoms. The summed E-state index contributed by atoms with van der Waals surface area (Å²) in [5.74, 6) is 0.112. The number of benzene rings is 1. The molecule has 1 aromatic carbocycles. The molecule has 0 radical (unpaired) electrons. The molecule has 4 heterocycles. The Bertz CT molecular complexity index is 1440. The van der Waals surface area contributed by atoms with Crippen LogP contribution in [0.25, 0.3) is 20.7 Å².